The number of ether oxygens (including phenoxy) is 1. The Labute approximate surface area is 144 Å². The van der Waals surface area contributed by atoms with E-state index in [2.05, 4.69) is 21.6 Å². The number of morpholine rings is 1. The van der Waals surface area contributed by atoms with Crippen molar-refractivity contribution in [2.24, 2.45) is 0 Å². The molecule has 1 aromatic carbocycles. The molecule has 1 amide bonds. The van der Waals surface area contributed by atoms with Crippen molar-refractivity contribution in [1.29, 1.82) is 0 Å². The third-order valence-electron chi connectivity index (χ3n) is 3.38. The smallest absolute Gasteiger partial charge is 0.221 e. The molecule has 0 aromatic heterocycles. The van der Waals surface area contributed by atoms with Gasteiger partial charge in [-0.3, -0.25) is 4.79 Å². The van der Waals surface area contributed by atoms with Crippen LogP contribution in [0.4, 0.5) is 5.69 Å². The Hall–Kier alpha value is -1.01. The van der Waals surface area contributed by atoms with Crippen molar-refractivity contribution in [3.05, 3.63) is 29.8 Å². The standard InChI is InChI=1S/C15H23N3O2.2ClH/c1-18(2)14-6-4-3-5-12(14)10-17-15(19)9-13-11-20-8-7-16-13;;/h3-6,13,16H,7-11H2,1-2H3,(H,17,19);2*1H. The zero-order chi connectivity index (χ0) is 14.4. The molecule has 22 heavy (non-hydrogen) atoms. The minimum Gasteiger partial charge on any atom is -0.378 e. The number of benzene rings is 1. The monoisotopic (exact) mass is 349 g/mol. The van der Waals surface area contributed by atoms with Crippen LogP contribution in [0, 0.1) is 0 Å². The van der Waals surface area contributed by atoms with E-state index in [1.54, 1.807) is 0 Å². The third-order valence-corrected chi connectivity index (χ3v) is 3.38. The molecule has 5 nitrogen and oxygen atoms in total. The fourth-order valence-corrected chi connectivity index (χ4v) is 2.34. The summed E-state index contributed by atoms with van der Waals surface area (Å²) in [6.07, 6.45) is 0.462. The van der Waals surface area contributed by atoms with Gasteiger partial charge in [0.25, 0.3) is 0 Å². The summed E-state index contributed by atoms with van der Waals surface area (Å²) in [5, 5.41) is 6.26. The minimum absolute atomic E-state index is 0. The van der Waals surface area contributed by atoms with Crippen molar-refractivity contribution in [2.75, 3.05) is 38.8 Å². The Bertz CT molecular complexity index is 452. The summed E-state index contributed by atoms with van der Waals surface area (Å²) in [5.41, 5.74) is 2.26. The highest BCUT2D eigenvalue weighted by atomic mass is 35.5. The number of anilines is 1. The van der Waals surface area contributed by atoms with E-state index in [4.69, 9.17) is 4.74 Å². The fraction of sp³-hybridized carbons (Fsp3) is 0.533. The van der Waals surface area contributed by atoms with Gasteiger partial charge in [0.05, 0.1) is 13.2 Å². The number of rotatable bonds is 5. The van der Waals surface area contributed by atoms with E-state index >= 15 is 0 Å². The highest BCUT2D eigenvalue weighted by Crippen LogP contribution is 2.17. The van der Waals surface area contributed by atoms with E-state index in [0.717, 1.165) is 24.4 Å². The molecule has 1 fully saturated rings. The van der Waals surface area contributed by atoms with Crippen LogP contribution in [-0.2, 0) is 16.1 Å². The van der Waals surface area contributed by atoms with Gasteiger partial charge in [0.15, 0.2) is 0 Å². The summed E-state index contributed by atoms with van der Waals surface area (Å²) in [5.74, 6) is 0.0570. The maximum atomic E-state index is 11.9. The van der Waals surface area contributed by atoms with E-state index in [1.165, 1.54) is 0 Å². The predicted molar refractivity (Wildman–Crippen MR) is 94.3 cm³/mol. The second kappa shape index (κ2) is 10.7. The van der Waals surface area contributed by atoms with Crippen molar-refractivity contribution in [3.8, 4) is 0 Å². The normalized spacial score (nSPS) is 16.9. The van der Waals surface area contributed by atoms with Crippen LogP contribution in [0.2, 0.25) is 0 Å². The Balaban J connectivity index is 0.00000220. The lowest BCUT2D eigenvalue weighted by molar-refractivity contribution is -0.122. The summed E-state index contributed by atoms with van der Waals surface area (Å²) in [7, 11) is 4.01. The number of para-hydroxylation sites is 1. The average Bonchev–Trinajstić information content (AvgIpc) is 2.46. The lowest BCUT2D eigenvalue weighted by atomic mass is 10.1. The van der Waals surface area contributed by atoms with Crippen LogP contribution in [0.25, 0.3) is 0 Å². The van der Waals surface area contributed by atoms with Gasteiger partial charge in [0.2, 0.25) is 5.91 Å². The highest BCUT2D eigenvalue weighted by Gasteiger charge is 2.16. The molecule has 0 bridgehead atoms. The van der Waals surface area contributed by atoms with Gasteiger partial charge in [-0.25, -0.2) is 0 Å². The van der Waals surface area contributed by atoms with E-state index in [1.807, 2.05) is 32.3 Å². The van der Waals surface area contributed by atoms with E-state index in [0.29, 0.717) is 19.6 Å². The molecule has 2 rings (SSSR count). The molecule has 1 aliphatic rings. The molecule has 1 saturated heterocycles. The number of carbonyl (C=O) groups is 1. The summed E-state index contributed by atoms with van der Waals surface area (Å²) in [4.78, 5) is 14.0. The lowest BCUT2D eigenvalue weighted by Crippen LogP contribution is -2.44. The van der Waals surface area contributed by atoms with Crippen molar-refractivity contribution in [2.45, 2.75) is 19.0 Å². The van der Waals surface area contributed by atoms with E-state index in [-0.39, 0.29) is 36.8 Å². The molecule has 1 atom stereocenters. The minimum atomic E-state index is 0. The summed E-state index contributed by atoms with van der Waals surface area (Å²) >= 11 is 0. The summed E-state index contributed by atoms with van der Waals surface area (Å²) in [6, 6.07) is 8.22. The molecule has 126 valence electrons. The van der Waals surface area contributed by atoms with Gasteiger partial charge in [0, 0.05) is 45.3 Å². The van der Waals surface area contributed by atoms with Crippen molar-refractivity contribution < 1.29 is 9.53 Å². The van der Waals surface area contributed by atoms with Crippen molar-refractivity contribution in [1.82, 2.24) is 10.6 Å². The Morgan fingerprint density at radius 1 is 1.36 bits per heavy atom. The van der Waals surface area contributed by atoms with Gasteiger partial charge >= 0.3 is 0 Å². The SMILES string of the molecule is CN(C)c1ccccc1CNC(=O)CC1COCCN1.Cl.Cl. The molecule has 7 heteroatoms. The molecule has 1 unspecified atom stereocenters. The second-order valence-electron chi connectivity index (χ2n) is 5.23. The van der Waals surface area contributed by atoms with Gasteiger partial charge < -0.3 is 20.3 Å². The van der Waals surface area contributed by atoms with Gasteiger partial charge in [-0.2, -0.15) is 0 Å². The Morgan fingerprint density at radius 2 is 2.09 bits per heavy atom. The topological polar surface area (TPSA) is 53.6 Å². The van der Waals surface area contributed by atoms with Crippen molar-refractivity contribution >= 4 is 36.4 Å². The molecular formula is C15H25Cl2N3O2. The van der Waals surface area contributed by atoms with Gasteiger partial charge in [-0.1, -0.05) is 18.2 Å². The number of hydrogen-bond donors (Lipinski definition) is 2. The average molecular weight is 350 g/mol. The van der Waals surface area contributed by atoms with Crippen LogP contribution in [0.15, 0.2) is 24.3 Å². The molecule has 1 aliphatic heterocycles. The molecule has 0 saturated carbocycles. The van der Waals surface area contributed by atoms with Crippen LogP contribution in [0.3, 0.4) is 0 Å². The number of nitrogens with one attached hydrogen (secondary N) is 2. The first-order valence-electron chi connectivity index (χ1n) is 7.00. The first-order chi connectivity index (χ1) is 9.66. The van der Waals surface area contributed by atoms with Crippen LogP contribution in [-0.4, -0.2) is 45.8 Å². The van der Waals surface area contributed by atoms with Crippen molar-refractivity contribution in [3.63, 3.8) is 0 Å². The highest BCUT2D eigenvalue weighted by molar-refractivity contribution is 5.85. The molecule has 0 radical (unpaired) electrons. The zero-order valence-electron chi connectivity index (χ0n) is 13.0. The quantitative estimate of drug-likeness (QED) is 0.847. The number of nitrogens with zero attached hydrogens (tertiary/aromatic N) is 1. The first kappa shape index (κ1) is 21.0. The number of hydrogen-bond acceptors (Lipinski definition) is 4. The summed E-state index contributed by atoms with van der Waals surface area (Å²) < 4.78 is 5.35. The molecule has 0 aliphatic carbocycles. The molecule has 0 spiro atoms. The fourth-order valence-electron chi connectivity index (χ4n) is 2.34. The number of halogens is 2. The van der Waals surface area contributed by atoms with Gasteiger partial charge in [-0.05, 0) is 11.6 Å². The van der Waals surface area contributed by atoms with E-state index in [9.17, 15) is 4.79 Å². The predicted octanol–water partition coefficient (Wildman–Crippen LogP) is 1.59. The Kier molecular flexibility index (Phi) is 10.2. The van der Waals surface area contributed by atoms with Gasteiger partial charge in [0.1, 0.15) is 0 Å². The zero-order valence-corrected chi connectivity index (χ0v) is 14.6. The van der Waals surface area contributed by atoms with Crippen LogP contribution in [0.1, 0.15) is 12.0 Å². The molecule has 2 N–H and O–H groups in total. The first-order valence-corrected chi connectivity index (χ1v) is 7.00. The van der Waals surface area contributed by atoms with E-state index < -0.39 is 0 Å². The van der Waals surface area contributed by atoms with Crippen LogP contribution >= 0.6 is 24.8 Å². The molecular weight excluding hydrogens is 325 g/mol. The van der Waals surface area contributed by atoms with Crippen LogP contribution < -0.4 is 15.5 Å². The third kappa shape index (κ3) is 6.40. The maximum absolute atomic E-state index is 11.9. The summed E-state index contributed by atoms with van der Waals surface area (Å²) in [6.45, 7) is 2.72. The van der Waals surface area contributed by atoms with Gasteiger partial charge in [-0.15, -0.1) is 24.8 Å². The second-order valence-corrected chi connectivity index (χ2v) is 5.23. The number of carbonyl (C=O) groups excluding carboxylic acids is 1. The maximum Gasteiger partial charge on any atom is 0.221 e. The molecule has 1 aromatic rings. The Morgan fingerprint density at radius 3 is 2.73 bits per heavy atom. The molecule has 1 heterocycles. The number of amides is 1. The lowest BCUT2D eigenvalue weighted by Gasteiger charge is -2.23. The van der Waals surface area contributed by atoms with Crippen LogP contribution in [0.5, 0.6) is 0 Å². The largest absolute Gasteiger partial charge is 0.378 e.